The first-order chi connectivity index (χ1) is 21.8. The van der Waals surface area contributed by atoms with Gasteiger partial charge in [0.1, 0.15) is 0 Å². The van der Waals surface area contributed by atoms with Gasteiger partial charge in [-0.05, 0) is 219 Å². The Labute approximate surface area is 270 Å². The lowest BCUT2D eigenvalue weighted by atomic mass is 9.62. The molecule has 14 aliphatic rings. The lowest BCUT2D eigenvalue weighted by Crippen LogP contribution is -2.38. The van der Waals surface area contributed by atoms with Gasteiger partial charge in [0.2, 0.25) is 0 Å². The topological polar surface area (TPSA) is 0 Å². The third-order valence-corrected chi connectivity index (χ3v) is 19.6. The maximum atomic E-state index is 2.64. The monoisotopic (exact) mass is 593 g/mol. The van der Waals surface area contributed by atoms with Crippen LogP contribution in [0.5, 0.6) is 0 Å². The van der Waals surface area contributed by atoms with Crippen molar-refractivity contribution in [1.82, 2.24) is 0 Å². The molecule has 0 aromatic rings. The Hall–Kier alpha value is -0.520. The van der Waals surface area contributed by atoms with Crippen LogP contribution in [0.3, 0.4) is 0 Å². The van der Waals surface area contributed by atoms with Crippen molar-refractivity contribution in [3.63, 3.8) is 0 Å². The molecule has 0 aliphatic heterocycles. The van der Waals surface area contributed by atoms with E-state index in [0.29, 0.717) is 0 Å². The highest BCUT2D eigenvalue weighted by Crippen LogP contribution is 2.78. The highest BCUT2D eigenvalue weighted by atomic mass is 14.8. The van der Waals surface area contributed by atoms with Crippen LogP contribution < -0.4 is 0 Å². The van der Waals surface area contributed by atoms with E-state index in [0.717, 1.165) is 47.3 Å². The van der Waals surface area contributed by atoms with Crippen LogP contribution in [0.4, 0.5) is 0 Å². The molecule has 24 unspecified atom stereocenters. The second-order valence-electron chi connectivity index (χ2n) is 19.4. The molecular formula is C44H64. The number of rotatable bonds is 0. The largest absolute Gasteiger partial charge is 0.0848 e. The molecule has 0 heteroatoms. The van der Waals surface area contributed by atoms with E-state index in [1.165, 1.54) is 94.7 Å². The zero-order chi connectivity index (χ0) is 29.2. The van der Waals surface area contributed by atoms with E-state index in [1.807, 2.05) is 27.7 Å². The molecule has 12 fully saturated rings. The normalized spacial score (nSPS) is 67.2. The number of hydrogen-bond acceptors (Lipinski definition) is 0. The summed E-state index contributed by atoms with van der Waals surface area (Å²) in [7, 11) is 0. The zero-order valence-electron chi connectivity index (χ0n) is 28.7. The molecule has 12 bridgehead atoms. The molecule has 0 aromatic heterocycles. The van der Waals surface area contributed by atoms with Crippen molar-refractivity contribution in [2.24, 2.45) is 142 Å². The molecule has 14 rings (SSSR count). The predicted molar refractivity (Wildman–Crippen MR) is 180 cm³/mol. The van der Waals surface area contributed by atoms with Gasteiger partial charge in [-0.3, -0.25) is 0 Å². The molecule has 0 saturated heterocycles. The van der Waals surface area contributed by atoms with E-state index in [4.69, 9.17) is 0 Å². The van der Waals surface area contributed by atoms with Gasteiger partial charge in [-0.15, -0.1) is 0 Å². The third-order valence-electron chi connectivity index (χ3n) is 19.6. The summed E-state index contributed by atoms with van der Waals surface area (Å²) >= 11 is 0. The van der Waals surface area contributed by atoms with Crippen LogP contribution in [0, 0.1) is 142 Å². The Bertz CT molecular complexity index is 1130. The summed E-state index contributed by atoms with van der Waals surface area (Å²) in [6.45, 7) is 8.00. The van der Waals surface area contributed by atoms with Crippen molar-refractivity contribution in [2.75, 3.05) is 0 Å². The average Bonchev–Trinajstić information content (AvgIpc) is 3.90. The average molecular weight is 593 g/mol. The fraction of sp³-hybridized carbons (Fsp3) is 0.909. The van der Waals surface area contributed by atoms with Crippen LogP contribution in [0.15, 0.2) is 24.3 Å². The van der Waals surface area contributed by atoms with Gasteiger partial charge in [-0.2, -0.15) is 0 Å². The van der Waals surface area contributed by atoms with Crippen molar-refractivity contribution < 1.29 is 0 Å². The quantitative estimate of drug-likeness (QED) is 0.194. The third kappa shape index (κ3) is 3.13. The Balaban J connectivity index is 0.0000000996. The number of allylic oxidation sites excluding steroid dienone is 4. The Morgan fingerprint density at radius 3 is 1.00 bits per heavy atom. The molecule has 0 aromatic carbocycles. The molecule has 0 radical (unpaired) electrons. The SMILES string of the molecule is C1=CC2CC1C1CC3C4CC(C5C6CCC(C6)C45)C3C21.C1=CC2CC1C1CC3C4CC(C5C6CCC(C6)C45)C3C21.CC.CC. The molecule has 0 heterocycles. The van der Waals surface area contributed by atoms with Crippen LogP contribution >= 0.6 is 0 Å². The minimum Gasteiger partial charge on any atom is -0.0848 e. The van der Waals surface area contributed by atoms with Gasteiger partial charge >= 0.3 is 0 Å². The van der Waals surface area contributed by atoms with Gasteiger partial charge in [-0.25, -0.2) is 0 Å². The molecule has 240 valence electrons. The van der Waals surface area contributed by atoms with E-state index in [9.17, 15) is 0 Å². The minimum atomic E-state index is 1.02. The summed E-state index contributed by atoms with van der Waals surface area (Å²) < 4.78 is 0. The van der Waals surface area contributed by atoms with E-state index < -0.39 is 0 Å². The highest BCUT2D eigenvalue weighted by Gasteiger charge is 2.72. The van der Waals surface area contributed by atoms with E-state index >= 15 is 0 Å². The van der Waals surface area contributed by atoms with Crippen LogP contribution in [0.25, 0.3) is 0 Å². The summed E-state index contributed by atoms with van der Waals surface area (Å²) in [6.07, 6.45) is 30.1. The standard InChI is InChI=1S/2C20H26.2C2H6/c2*1-2-10-5-9(1)13-7-15-14-8-16(20(15)17(10)13)19-12-4-3-11(6-12)18(14)19;2*1-2/h2*1-2,9-20H,3-8H2;2*1-2H3. The van der Waals surface area contributed by atoms with Crippen LogP contribution in [0.1, 0.15) is 105 Å². The van der Waals surface area contributed by atoms with Crippen molar-refractivity contribution in [3.05, 3.63) is 24.3 Å². The van der Waals surface area contributed by atoms with E-state index in [1.54, 1.807) is 77.0 Å². The molecule has 0 nitrogen and oxygen atoms in total. The van der Waals surface area contributed by atoms with E-state index in [2.05, 4.69) is 24.3 Å². The summed E-state index contributed by atoms with van der Waals surface area (Å²) in [5.74, 6) is 27.9. The summed E-state index contributed by atoms with van der Waals surface area (Å²) in [4.78, 5) is 0. The molecular weight excluding hydrogens is 528 g/mol. The fourth-order valence-electron chi connectivity index (χ4n) is 19.7. The second-order valence-corrected chi connectivity index (χ2v) is 19.4. The van der Waals surface area contributed by atoms with E-state index in [-0.39, 0.29) is 0 Å². The van der Waals surface area contributed by atoms with Crippen LogP contribution in [-0.2, 0) is 0 Å². The molecule has 0 spiro atoms. The van der Waals surface area contributed by atoms with Crippen LogP contribution in [0.2, 0.25) is 0 Å². The Morgan fingerprint density at radius 1 is 0.273 bits per heavy atom. The molecule has 0 amide bonds. The smallest absolute Gasteiger partial charge is 0.0194 e. The lowest BCUT2D eigenvalue weighted by molar-refractivity contribution is 0.0489. The van der Waals surface area contributed by atoms with Crippen molar-refractivity contribution in [1.29, 1.82) is 0 Å². The maximum absolute atomic E-state index is 2.64. The Kier molecular flexibility index (Phi) is 5.95. The first kappa shape index (κ1) is 27.4. The summed E-state index contributed by atoms with van der Waals surface area (Å²) in [5, 5.41) is 0. The fourth-order valence-corrected chi connectivity index (χ4v) is 19.7. The molecule has 24 atom stereocenters. The van der Waals surface area contributed by atoms with Crippen molar-refractivity contribution >= 4 is 0 Å². The zero-order valence-corrected chi connectivity index (χ0v) is 28.7. The molecule has 14 aliphatic carbocycles. The molecule has 12 saturated carbocycles. The van der Waals surface area contributed by atoms with Gasteiger partial charge < -0.3 is 0 Å². The van der Waals surface area contributed by atoms with Gasteiger partial charge in [0.15, 0.2) is 0 Å². The predicted octanol–water partition coefficient (Wildman–Crippen LogP) is 10.8. The first-order valence-corrected chi connectivity index (χ1v) is 21.2. The van der Waals surface area contributed by atoms with Gasteiger partial charge in [0.25, 0.3) is 0 Å². The minimum absolute atomic E-state index is 1.02. The number of fused-ring (bicyclic) bond motifs is 36. The highest BCUT2D eigenvalue weighted by molar-refractivity contribution is 5.25. The van der Waals surface area contributed by atoms with Crippen LogP contribution in [-0.4, -0.2) is 0 Å². The molecule has 0 N–H and O–H groups in total. The lowest BCUT2D eigenvalue weighted by Gasteiger charge is -2.43. The first-order valence-electron chi connectivity index (χ1n) is 21.2. The second kappa shape index (κ2) is 9.55. The number of hydrogen-bond donors (Lipinski definition) is 0. The summed E-state index contributed by atoms with van der Waals surface area (Å²) in [5.41, 5.74) is 0. The van der Waals surface area contributed by atoms with Crippen molar-refractivity contribution in [2.45, 2.75) is 105 Å². The maximum Gasteiger partial charge on any atom is -0.0194 e. The van der Waals surface area contributed by atoms with Crippen molar-refractivity contribution in [3.8, 4) is 0 Å². The van der Waals surface area contributed by atoms with Gasteiger partial charge in [0.05, 0.1) is 0 Å². The Morgan fingerprint density at radius 2 is 0.591 bits per heavy atom. The van der Waals surface area contributed by atoms with Gasteiger partial charge in [-0.1, -0.05) is 52.0 Å². The van der Waals surface area contributed by atoms with Gasteiger partial charge in [0, 0.05) is 0 Å². The molecule has 44 heavy (non-hydrogen) atoms. The summed E-state index contributed by atoms with van der Waals surface area (Å²) in [6, 6.07) is 0.